The van der Waals surface area contributed by atoms with Gasteiger partial charge in [0, 0.05) is 10.0 Å². The molecule has 0 aliphatic carbocycles. The Morgan fingerprint density at radius 3 is 2.44 bits per heavy atom. The third-order valence-corrected chi connectivity index (χ3v) is 6.49. The van der Waals surface area contributed by atoms with Crippen LogP contribution in [0.1, 0.15) is 35.6 Å². The molecule has 1 aliphatic heterocycles. The number of piperidine rings is 1. The van der Waals surface area contributed by atoms with E-state index in [9.17, 15) is 9.90 Å². The van der Waals surface area contributed by atoms with Crippen LogP contribution in [0, 0.1) is 5.92 Å². The van der Waals surface area contributed by atoms with Gasteiger partial charge in [-0.25, -0.2) is 0 Å². The van der Waals surface area contributed by atoms with Gasteiger partial charge >= 0.3 is 5.97 Å². The fourth-order valence-electron chi connectivity index (χ4n) is 4.23. The van der Waals surface area contributed by atoms with Crippen molar-refractivity contribution < 1.29 is 14.6 Å². The lowest BCUT2D eigenvalue weighted by molar-refractivity contribution is -0.143. The second-order valence-corrected chi connectivity index (χ2v) is 8.91. The number of carbonyl (C=O) groups is 1. The van der Waals surface area contributed by atoms with Crippen LogP contribution in [0.3, 0.4) is 0 Å². The van der Waals surface area contributed by atoms with Gasteiger partial charge in [-0.3, -0.25) is 9.69 Å². The minimum atomic E-state index is -0.720. The highest BCUT2D eigenvalue weighted by molar-refractivity contribution is 6.35. The molecule has 0 bridgehead atoms. The average molecular weight is 470 g/mol. The fourth-order valence-corrected chi connectivity index (χ4v) is 4.74. The Bertz CT molecular complexity index is 1070. The summed E-state index contributed by atoms with van der Waals surface area (Å²) in [6, 6.07) is 23.5. The number of hydrogen-bond donors (Lipinski definition) is 1. The van der Waals surface area contributed by atoms with E-state index in [-0.39, 0.29) is 12.0 Å². The summed E-state index contributed by atoms with van der Waals surface area (Å²) in [5.41, 5.74) is 3.10. The first kappa shape index (κ1) is 22.7. The van der Waals surface area contributed by atoms with Crippen LogP contribution in [0.2, 0.25) is 10.0 Å². The lowest BCUT2D eigenvalue weighted by atomic mass is 9.91. The van der Waals surface area contributed by atoms with E-state index < -0.39 is 5.97 Å². The summed E-state index contributed by atoms with van der Waals surface area (Å²) in [7, 11) is 0. The van der Waals surface area contributed by atoms with Crippen molar-refractivity contribution in [2.24, 2.45) is 5.92 Å². The summed E-state index contributed by atoms with van der Waals surface area (Å²) in [6.45, 7) is 1.84. The Balaban J connectivity index is 1.62. The Hall–Kier alpha value is -2.53. The molecule has 166 valence electrons. The van der Waals surface area contributed by atoms with Crippen LogP contribution in [0.25, 0.3) is 0 Å². The number of likely N-dealkylation sites (tertiary alicyclic amines) is 1. The van der Waals surface area contributed by atoms with Crippen LogP contribution in [0.4, 0.5) is 0 Å². The highest BCUT2D eigenvalue weighted by atomic mass is 35.5. The predicted octanol–water partition coefficient (Wildman–Crippen LogP) is 6.46. The molecule has 0 saturated carbocycles. The summed E-state index contributed by atoms with van der Waals surface area (Å²) in [6.07, 6.45) is 1.22. The predicted molar refractivity (Wildman–Crippen MR) is 127 cm³/mol. The standard InChI is InChI=1S/C26H25Cl2NO3/c27-21-9-10-23(24(28)16-21)25(29-13-11-19(12-14-29)26(30)31)20-7-4-8-22(15-20)32-17-18-5-2-1-3-6-18/h1-10,15-16,19,25H,11-14,17H2,(H,30,31). The number of aliphatic carboxylic acids is 1. The van der Waals surface area contributed by atoms with E-state index in [1.165, 1.54) is 0 Å². The van der Waals surface area contributed by atoms with E-state index in [1.807, 2.05) is 60.7 Å². The largest absolute Gasteiger partial charge is 0.489 e. The zero-order valence-corrected chi connectivity index (χ0v) is 19.1. The van der Waals surface area contributed by atoms with E-state index in [2.05, 4.69) is 11.0 Å². The van der Waals surface area contributed by atoms with E-state index in [0.29, 0.717) is 42.6 Å². The summed E-state index contributed by atoms with van der Waals surface area (Å²) in [5, 5.41) is 10.6. The number of rotatable bonds is 7. The van der Waals surface area contributed by atoms with Crippen molar-refractivity contribution in [1.29, 1.82) is 0 Å². The van der Waals surface area contributed by atoms with Gasteiger partial charge in [0.05, 0.1) is 12.0 Å². The fraction of sp³-hybridized carbons (Fsp3) is 0.269. The number of carboxylic acids is 1. The first-order chi connectivity index (χ1) is 15.5. The number of nitrogens with zero attached hydrogens (tertiary/aromatic N) is 1. The van der Waals surface area contributed by atoms with Crippen LogP contribution < -0.4 is 4.74 Å². The van der Waals surface area contributed by atoms with Gasteiger partial charge in [-0.1, -0.05) is 71.7 Å². The monoisotopic (exact) mass is 469 g/mol. The zero-order valence-electron chi connectivity index (χ0n) is 17.6. The topological polar surface area (TPSA) is 49.8 Å². The molecule has 1 heterocycles. The molecule has 1 fully saturated rings. The Kier molecular flexibility index (Phi) is 7.36. The average Bonchev–Trinajstić information content (AvgIpc) is 2.81. The number of hydrogen-bond acceptors (Lipinski definition) is 3. The molecule has 1 saturated heterocycles. The van der Waals surface area contributed by atoms with Crippen molar-refractivity contribution in [3.63, 3.8) is 0 Å². The summed E-state index contributed by atoms with van der Waals surface area (Å²) in [4.78, 5) is 13.7. The summed E-state index contributed by atoms with van der Waals surface area (Å²) >= 11 is 12.8. The second-order valence-electron chi connectivity index (χ2n) is 8.06. The smallest absolute Gasteiger partial charge is 0.306 e. The molecule has 32 heavy (non-hydrogen) atoms. The molecule has 0 amide bonds. The lowest BCUT2D eigenvalue weighted by Gasteiger charge is -2.37. The van der Waals surface area contributed by atoms with Crippen molar-refractivity contribution in [3.05, 3.63) is 99.5 Å². The van der Waals surface area contributed by atoms with Crippen molar-refractivity contribution in [3.8, 4) is 5.75 Å². The first-order valence-electron chi connectivity index (χ1n) is 10.7. The highest BCUT2D eigenvalue weighted by Gasteiger charge is 2.31. The van der Waals surface area contributed by atoms with Gasteiger partial charge in [-0.2, -0.15) is 0 Å². The number of carboxylic acid groups (broad SMARTS) is 1. The normalized spacial score (nSPS) is 15.9. The van der Waals surface area contributed by atoms with Crippen molar-refractivity contribution in [2.45, 2.75) is 25.5 Å². The van der Waals surface area contributed by atoms with Crippen molar-refractivity contribution in [1.82, 2.24) is 4.90 Å². The first-order valence-corrected chi connectivity index (χ1v) is 11.5. The van der Waals surface area contributed by atoms with Crippen LogP contribution >= 0.6 is 23.2 Å². The number of benzene rings is 3. The van der Waals surface area contributed by atoms with Crippen LogP contribution in [-0.2, 0) is 11.4 Å². The maximum absolute atomic E-state index is 11.4. The molecule has 4 nitrogen and oxygen atoms in total. The minimum absolute atomic E-state index is 0.116. The van der Waals surface area contributed by atoms with Gasteiger partial charge in [0.1, 0.15) is 12.4 Å². The van der Waals surface area contributed by atoms with Crippen LogP contribution in [0.15, 0.2) is 72.8 Å². The number of halogens is 2. The van der Waals surface area contributed by atoms with Gasteiger partial charge in [0.15, 0.2) is 0 Å². The van der Waals surface area contributed by atoms with Gasteiger partial charge in [-0.15, -0.1) is 0 Å². The quantitative estimate of drug-likeness (QED) is 0.431. The lowest BCUT2D eigenvalue weighted by Crippen LogP contribution is -2.39. The molecule has 1 N–H and O–H groups in total. The molecule has 0 aromatic heterocycles. The molecular weight excluding hydrogens is 445 g/mol. The Morgan fingerprint density at radius 1 is 1.00 bits per heavy atom. The molecule has 3 aromatic rings. The molecule has 1 aliphatic rings. The van der Waals surface area contributed by atoms with Gasteiger partial charge in [0.25, 0.3) is 0 Å². The maximum Gasteiger partial charge on any atom is 0.306 e. The van der Waals surface area contributed by atoms with Crippen molar-refractivity contribution in [2.75, 3.05) is 13.1 Å². The Labute approximate surface area is 198 Å². The molecule has 0 spiro atoms. The number of ether oxygens (including phenoxy) is 1. The molecule has 0 radical (unpaired) electrons. The third kappa shape index (κ3) is 5.44. The van der Waals surface area contributed by atoms with E-state index in [1.54, 1.807) is 6.07 Å². The molecule has 6 heteroatoms. The summed E-state index contributed by atoms with van der Waals surface area (Å²) in [5.74, 6) is -0.239. The molecule has 1 atom stereocenters. The zero-order chi connectivity index (χ0) is 22.5. The van der Waals surface area contributed by atoms with E-state index >= 15 is 0 Å². The van der Waals surface area contributed by atoms with Gasteiger partial charge < -0.3 is 9.84 Å². The van der Waals surface area contributed by atoms with Crippen LogP contribution in [-0.4, -0.2) is 29.1 Å². The van der Waals surface area contributed by atoms with Crippen molar-refractivity contribution >= 4 is 29.2 Å². The Morgan fingerprint density at radius 2 is 1.75 bits per heavy atom. The second kappa shape index (κ2) is 10.4. The molecule has 1 unspecified atom stereocenters. The van der Waals surface area contributed by atoms with Gasteiger partial charge in [0.2, 0.25) is 0 Å². The molecule has 3 aromatic carbocycles. The van der Waals surface area contributed by atoms with Crippen LogP contribution in [0.5, 0.6) is 5.75 Å². The third-order valence-electron chi connectivity index (χ3n) is 5.92. The van der Waals surface area contributed by atoms with Gasteiger partial charge in [-0.05, 0) is 66.9 Å². The maximum atomic E-state index is 11.4. The SMILES string of the molecule is O=C(O)C1CCN(C(c2cccc(OCc3ccccc3)c2)c2ccc(Cl)cc2Cl)CC1. The molecule has 4 rings (SSSR count). The van der Waals surface area contributed by atoms with E-state index in [0.717, 1.165) is 22.4 Å². The molecular formula is C26H25Cl2NO3. The van der Waals surface area contributed by atoms with E-state index in [4.69, 9.17) is 27.9 Å². The highest BCUT2D eigenvalue weighted by Crippen LogP contribution is 2.38. The summed E-state index contributed by atoms with van der Waals surface area (Å²) < 4.78 is 6.05. The minimum Gasteiger partial charge on any atom is -0.489 e.